The predicted molar refractivity (Wildman–Crippen MR) is 109 cm³/mol. The number of nitrogens with one attached hydrogen (secondary N) is 1. The highest BCUT2D eigenvalue weighted by atomic mass is 127. The molecule has 0 bridgehead atoms. The minimum atomic E-state index is 0. The van der Waals surface area contributed by atoms with Crippen molar-refractivity contribution in [1.29, 1.82) is 0 Å². The van der Waals surface area contributed by atoms with Gasteiger partial charge in [0, 0.05) is 43.5 Å². The quantitative estimate of drug-likeness (QED) is 0.449. The Kier molecular flexibility index (Phi) is 7.01. The molecule has 0 aromatic carbocycles. The number of hydrogen-bond donors (Lipinski definition) is 1. The van der Waals surface area contributed by atoms with Gasteiger partial charge in [-0.1, -0.05) is 13.0 Å². The van der Waals surface area contributed by atoms with E-state index in [1.165, 1.54) is 12.2 Å². The van der Waals surface area contributed by atoms with E-state index in [0.29, 0.717) is 11.8 Å². The Labute approximate surface area is 159 Å². The molecule has 126 valence electrons. The summed E-state index contributed by atoms with van der Waals surface area (Å²) in [6.07, 6.45) is 5.30. The van der Waals surface area contributed by atoms with Crippen LogP contribution in [0.15, 0.2) is 35.6 Å². The van der Waals surface area contributed by atoms with Gasteiger partial charge in [-0.3, -0.25) is 4.99 Å². The van der Waals surface area contributed by atoms with Crippen molar-refractivity contribution in [2.75, 3.05) is 25.9 Å². The molecule has 0 saturated carbocycles. The summed E-state index contributed by atoms with van der Waals surface area (Å²) in [4.78, 5) is 11.4. The fourth-order valence-corrected chi connectivity index (χ4v) is 3.91. The van der Waals surface area contributed by atoms with E-state index in [9.17, 15) is 0 Å². The van der Waals surface area contributed by atoms with Crippen LogP contribution in [0, 0.1) is 0 Å². The molecule has 2 aromatic heterocycles. The summed E-state index contributed by atoms with van der Waals surface area (Å²) in [5, 5.41) is 4.16. The zero-order valence-corrected chi connectivity index (χ0v) is 16.8. The fraction of sp³-hybridized carbons (Fsp3) is 0.500. The van der Waals surface area contributed by atoms with Gasteiger partial charge in [0.25, 0.3) is 0 Å². The van der Waals surface area contributed by atoms with Crippen LogP contribution in [0.2, 0.25) is 0 Å². The number of aromatic nitrogens is 2. The van der Waals surface area contributed by atoms with Crippen molar-refractivity contribution in [3.8, 4) is 0 Å². The molecule has 0 spiro atoms. The van der Waals surface area contributed by atoms with Crippen LogP contribution in [-0.4, -0.2) is 51.4 Å². The maximum atomic E-state index is 4.62. The number of guanidine groups is 1. The van der Waals surface area contributed by atoms with Crippen molar-refractivity contribution in [1.82, 2.24) is 19.6 Å². The van der Waals surface area contributed by atoms with Crippen molar-refractivity contribution in [2.45, 2.75) is 25.1 Å². The van der Waals surface area contributed by atoms with Gasteiger partial charge < -0.3 is 14.6 Å². The largest absolute Gasteiger partial charge is 0.351 e. The monoisotopic (exact) mass is 445 g/mol. The van der Waals surface area contributed by atoms with Gasteiger partial charge in [-0.05, 0) is 18.6 Å². The first-order valence-corrected chi connectivity index (χ1v) is 8.85. The number of rotatable bonds is 3. The van der Waals surface area contributed by atoms with E-state index in [4.69, 9.17) is 0 Å². The molecular formula is C16H24IN5S. The first kappa shape index (κ1) is 18.4. The Bertz CT molecular complexity index is 624. The van der Waals surface area contributed by atoms with Gasteiger partial charge in [0.1, 0.15) is 5.65 Å². The fourth-order valence-electron chi connectivity index (χ4n) is 2.73. The number of thioether (sulfide) groups is 1. The number of hydrogen-bond acceptors (Lipinski definition) is 3. The Balaban J connectivity index is 0.00000192. The molecule has 1 atom stereocenters. The highest BCUT2D eigenvalue weighted by Gasteiger charge is 2.21. The van der Waals surface area contributed by atoms with E-state index in [1.807, 2.05) is 35.8 Å². The molecule has 3 rings (SSSR count). The van der Waals surface area contributed by atoms with E-state index in [1.54, 1.807) is 0 Å². The maximum Gasteiger partial charge on any atom is 0.194 e. The third kappa shape index (κ3) is 4.53. The lowest BCUT2D eigenvalue weighted by Gasteiger charge is -2.34. The molecule has 5 nitrogen and oxygen atoms in total. The van der Waals surface area contributed by atoms with Crippen molar-refractivity contribution in [3.63, 3.8) is 0 Å². The van der Waals surface area contributed by atoms with Crippen LogP contribution >= 0.6 is 35.7 Å². The predicted octanol–water partition coefficient (Wildman–Crippen LogP) is 2.86. The van der Waals surface area contributed by atoms with Gasteiger partial charge in [-0.15, -0.1) is 24.0 Å². The summed E-state index contributed by atoms with van der Waals surface area (Å²) in [5.41, 5.74) is 2.01. The Morgan fingerprint density at radius 3 is 3.09 bits per heavy atom. The highest BCUT2D eigenvalue weighted by molar-refractivity contribution is 14.0. The van der Waals surface area contributed by atoms with Gasteiger partial charge in [-0.25, -0.2) is 4.98 Å². The molecule has 3 heterocycles. The number of aliphatic imine (C=N–C) groups is 1. The summed E-state index contributed by atoms with van der Waals surface area (Å²) >= 11 is 2.07. The summed E-state index contributed by atoms with van der Waals surface area (Å²) in [7, 11) is 1.86. The Hall–Kier alpha value is -0.960. The minimum absolute atomic E-state index is 0. The number of halogens is 1. The zero-order valence-electron chi connectivity index (χ0n) is 13.6. The number of imidazole rings is 1. The smallest absolute Gasteiger partial charge is 0.194 e. The molecule has 23 heavy (non-hydrogen) atoms. The van der Waals surface area contributed by atoms with Crippen LogP contribution in [-0.2, 0) is 6.54 Å². The van der Waals surface area contributed by atoms with Crippen molar-refractivity contribution < 1.29 is 0 Å². The molecule has 1 unspecified atom stereocenters. The van der Waals surface area contributed by atoms with Gasteiger partial charge in [0.15, 0.2) is 5.96 Å². The first-order valence-electron chi connectivity index (χ1n) is 7.80. The SMILES string of the molecule is CCC1CN(C(=NC)NCc2cn3ccccc3n2)CCS1.I. The second-order valence-electron chi connectivity index (χ2n) is 5.45. The lowest BCUT2D eigenvalue weighted by atomic mass is 10.3. The molecular weight excluding hydrogens is 421 g/mol. The Morgan fingerprint density at radius 2 is 2.35 bits per heavy atom. The maximum absolute atomic E-state index is 4.62. The molecule has 0 aliphatic carbocycles. The van der Waals surface area contributed by atoms with E-state index >= 15 is 0 Å². The van der Waals surface area contributed by atoms with E-state index in [2.05, 4.69) is 45.1 Å². The lowest BCUT2D eigenvalue weighted by molar-refractivity contribution is 0.408. The summed E-state index contributed by atoms with van der Waals surface area (Å²) in [6, 6.07) is 6.04. The van der Waals surface area contributed by atoms with Crippen molar-refractivity contribution in [2.24, 2.45) is 4.99 Å². The van der Waals surface area contributed by atoms with Crippen LogP contribution in [0.5, 0.6) is 0 Å². The van der Waals surface area contributed by atoms with Gasteiger partial charge in [-0.2, -0.15) is 11.8 Å². The average molecular weight is 445 g/mol. The topological polar surface area (TPSA) is 44.9 Å². The van der Waals surface area contributed by atoms with Crippen molar-refractivity contribution >= 4 is 47.3 Å². The molecule has 0 amide bonds. The second kappa shape index (κ2) is 8.77. The minimum Gasteiger partial charge on any atom is -0.351 e. The Morgan fingerprint density at radius 1 is 1.48 bits per heavy atom. The molecule has 7 heteroatoms. The summed E-state index contributed by atoms with van der Waals surface area (Å²) in [5.74, 6) is 2.16. The molecule has 0 radical (unpaired) electrons. The zero-order chi connectivity index (χ0) is 15.4. The summed E-state index contributed by atoms with van der Waals surface area (Å²) in [6.45, 7) is 5.10. The summed E-state index contributed by atoms with van der Waals surface area (Å²) < 4.78 is 2.05. The third-order valence-corrected chi connectivity index (χ3v) is 5.32. The number of pyridine rings is 1. The van der Waals surface area contributed by atoms with Crippen LogP contribution in [0.25, 0.3) is 5.65 Å². The van der Waals surface area contributed by atoms with Crippen LogP contribution in [0.4, 0.5) is 0 Å². The third-order valence-electron chi connectivity index (χ3n) is 3.95. The molecule has 1 aliphatic rings. The van der Waals surface area contributed by atoms with Gasteiger partial charge in [0.05, 0.1) is 12.2 Å². The molecule has 1 N–H and O–H groups in total. The van der Waals surface area contributed by atoms with Gasteiger partial charge in [0.2, 0.25) is 0 Å². The van der Waals surface area contributed by atoms with E-state index in [-0.39, 0.29) is 24.0 Å². The highest BCUT2D eigenvalue weighted by Crippen LogP contribution is 2.21. The standard InChI is InChI=1S/C16H23N5S.HI/c1-3-14-12-21(8-9-22-14)16(17-2)18-10-13-11-20-7-5-4-6-15(20)19-13;/h4-7,11,14H,3,8-10,12H2,1-2H3,(H,17,18);1H. The first-order chi connectivity index (χ1) is 10.8. The van der Waals surface area contributed by atoms with Crippen LogP contribution in [0.1, 0.15) is 19.0 Å². The van der Waals surface area contributed by atoms with E-state index < -0.39 is 0 Å². The molecule has 2 aromatic rings. The molecule has 1 saturated heterocycles. The van der Waals surface area contributed by atoms with Crippen molar-refractivity contribution in [3.05, 3.63) is 36.3 Å². The normalized spacial score (nSPS) is 18.8. The van der Waals surface area contributed by atoms with Crippen LogP contribution < -0.4 is 5.32 Å². The van der Waals surface area contributed by atoms with E-state index in [0.717, 1.165) is 30.4 Å². The number of nitrogens with zero attached hydrogens (tertiary/aromatic N) is 4. The molecule has 1 fully saturated rings. The van der Waals surface area contributed by atoms with Crippen LogP contribution in [0.3, 0.4) is 0 Å². The molecule has 1 aliphatic heterocycles. The second-order valence-corrected chi connectivity index (χ2v) is 6.85. The van der Waals surface area contributed by atoms with Gasteiger partial charge >= 0.3 is 0 Å². The number of fused-ring (bicyclic) bond motifs is 1. The lowest BCUT2D eigenvalue weighted by Crippen LogP contribution is -2.47. The average Bonchev–Trinajstić information content (AvgIpc) is 2.98.